The van der Waals surface area contributed by atoms with E-state index in [1.807, 2.05) is 12.1 Å². The molecule has 0 aliphatic rings. The molecule has 0 saturated heterocycles. The summed E-state index contributed by atoms with van der Waals surface area (Å²) in [6.07, 6.45) is 1.64. The van der Waals surface area contributed by atoms with Crippen LogP contribution in [-0.4, -0.2) is 70.6 Å². The van der Waals surface area contributed by atoms with Gasteiger partial charge >= 0.3 is 5.69 Å². The molecule has 35 heavy (non-hydrogen) atoms. The first-order valence-corrected chi connectivity index (χ1v) is 10.8. The Hall–Kier alpha value is -4.25. The third kappa shape index (κ3) is 4.99. The van der Waals surface area contributed by atoms with Gasteiger partial charge in [-0.2, -0.15) is 0 Å². The van der Waals surface area contributed by atoms with Crippen LogP contribution < -0.4 is 15.3 Å². The van der Waals surface area contributed by atoms with Crippen molar-refractivity contribution in [1.82, 2.24) is 24.4 Å². The number of aromatic amines is 1. The second-order valence-corrected chi connectivity index (χ2v) is 8.04. The van der Waals surface area contributed by atoms with Gasteiger partial charge in [0.15, 0.2) is 0 Å². The van der Waals surface area contributed by atoms with Gasteiger partial charge in [-0.15, -0.1) is 0 Å². The highest BCUT2D eigenvalue weighted by molar-refractivity contribution is 5.76. The number of likely N-dealkylation sites (N-methyl/N-ethyl adjacent to an activating group) is 2. The van der Waals surface area contributed by atoms with E-state index in [-0.39, 0.29) is 36.6 Å². The van der Waals surface area contributed by atoms with Crippen molar-refractivity contribution in [2.24, 2.45) is 0 Å². The van der Waals surface area contributed by atoms with Crippen molar-refractivity contribution in [2.75, 3.05) is 46.2 Å². The fraction of sp³-hybridized carbons (Fsp3) is 0.292. The van der Waals surface area contributed by atoms with Gasteiger partial charge in [-0.05, 0) is 32.2 Å². The summed E-state index contributed by atoms with van der Waals surface area (Å²) in [6, 6.07) is 11.8. The Morgan fingerprint density at radius 1 is 1.23 bits per heavy atom. The van der Waals surface area contributed by atoms with Crippen LogP contribution >= 0.6 is 0 Å². The molecular formula is C24H27N7O4. The smallest absolute Gasteiger partial charge is 0.332 e. The third-order valence-corrected chi connectivity index (χ3v) is 5.61. The molecule has 0 saturated carbocycles. The molecular weight excluding hydrogens is 450 g/mol. The number of ether oxygens (including phenoxy) is 1. The molecule has 1 N–H and O–H groups in total. The molecule has 182 valence electrons. The van der Waals surface area contributed by atoms with Gasteiger partial charge in [0.2, 0.25) is 0 Å². The number of nitrogens with zero attached hydrogens (tertiary/aromatic N) is 6. The Morgan fingerprint density at radius 2 is 2.03 bits per heavy atom. The van der Waals surface area contributed by atoms with E-state index < -0.39 is 11.9 Å². The maximum Gasteiger partial charge on any atom is 0.332 e. The monoisotopic (exact) mass is 480 g/mol. The van der Waals surface area contributed by atoms with Gasteiger partial charge in [-0.1, -0.05) is 12.1 Å². The summed E-state index contributed by atoms with van der Waals surface area (Å²) in [5.41, 5.74) is 1.59. The molecule has 0 bridgehead atoms. The summed E-state index contributed by atoms with van der Waals surface area (Å²) in [6.45, 7) is -1.86. The number of H-pyrrole nitrogens is 1. The summed E-state index contributed by atoms with van der Waals surface area (Å²) >= 11 is 0. The first kappa shape index (κ1) is 20.2. The molecule has 0 radical (unpaired) electrons. The topological polar surface area (TPSA) is 122 Å². The Bertz CT molecular complexity index is 1530. The lowest BCUT2D eigenvalue weighted by Crippen LogP contribution is -2.29. The summed E-state index contributed by atoms with van der Waals surface area (Å²) in [5.74, 6) is 1.09. The van der Waals surface area contributed by atoms with Gasteiger partial charge in [0, 0.05) is 54.6 Å². The van der Waals surface area contributed by atoms with Crippen LogP contribution in [0.1, 0.15) is 15.5 Å². The van der Waals surface area contributed by atoms with Gasteiger partial charge < -0.3 is 19.5 Å². The van der Waals surface area contributed by atoms with Crippen LogP contribution in [0.15, 0.2) is 53.5 Å². The average Bonchev–Trinajstić information content (AvgIpc) is 3.21. The summed E-state index contributed by atoms with van der Waals surface area (Å²) in [4.78, 5) is 38.5. The first-order valence-electron chi connectivity index (χ1n) is 12.3. The van der Waals surface area contributed by atoms with E-state index >= 15 is 0 Å². The van der Waals surface area contributed by atoms with Crippen LogP contribution in [-0.2, 0) is 6.42 Å². The number of nitro groups is 1. The maximum atomic E-state index is 12.6. The molecule has 0 unspecified atom stereocenters. The molecule has 0 atom stereocenters. The number of benzene rings is 2. The van der Waals surface area contributed by atoms with Crippen molar-refractivity contribution >= 4 is 22.4 Å². The van der Waals surface area contributed by atoms with E-state index in [9.17, 15) is 14.9 Å². The summed E-state index contributed by atoms with van der Waals surface area (Å²) in [5, 5.41) is 12.0. The normalized spacial score (nSPS) is 12.9. The van der Waals surface area contributed by atoms with Gasteiger partial charge in [0.25, 0.3) is 5.69 Å². The van der Waals surface area contributed by atoms with Crippen LogP contribution in [0.5, 0.6) is 5.75 Å². The number of nitrogens with one attached hydrogen (secondary N) is 1. The summed E-state index contributed by atoms with van der Waals surface area (Å²) in [7, 11) is 4.58. The van der Waals surface area contributed by atoms with Crippen molar-refractivity contribution in [3.05, 3.63) is 80.6 Å². The molecule has 0 spiro atoms. The lowest BCUT2D eigenvalue weighted by molar-refractivity contribution is -0.384. The van der Waals surface area contributed by atoms with E-state index in [0.717, 1.165) is 0 Å². The Morgan fingerprint density at radius 3 is 2.77 bits per heavy atom. The van der Waals surface area contributed by atoms with Gasteiger partial charge in [0.1, 0.15) is 23.1 Å². The molecule has 0 fully saturated rings. The van der Waals surface area contributed by atoms with Crippen LogP contribution in [0, 0.1) is 10.1 Å². The van der Waals surface area contributed by atoms with E-state index in [2.05, 4.69) is 15.0 Å². The first-order chi connectivity index (χ1) is 18.0. The zero-order valence-corrected chi connectivity index (χ0v) is 19.6. The second kappa shape index (κ2) is 9.94. The Labute approximate surface area is 206 Å². The van der Waals surface area contributed by atoms with Crippen LogP contribution in [0.25, 0.3) is 16.9 Å². The van der Waals surface area contributed by atoms with Crippen LogP contribution in [0.2, 0.25) is 0 Å². The van der Waals surface area contributed by atoms with E-state index in [1.165, 1.54) is 35.9 Å². The standard InChI is InChI=1S/C24H27N7O4/c1-28(2)11-12-29(3)19-15-21(35-4)16(13-20(19)31(33)34)14-22-25-10-9-23(27-22)30-18-8-6-5-7-17(18)26-24(30)32/h5-10,13,15H,11-12,14H2,1-4H3,(H,26,32)/i1D3. The molecule has 2 heterocycles. The lowest BCUT2D eigenvalue weighted by atomic mass is 10.1. The zero-order chi connectivity index (χ0) is 27.6. The number of rotatable bonds is 9. The SMILES string of the molecule is [2H]C([2H])([2H])N(C)CCN(C)c1cc(OC)c(Cc2nccc(-n3c(=O)[nH]c4ccccc43)n2)cc1[N+](=O)[O-]. The number of nitro benzene ring substituents is 1. The number of methoxy groups -OCH3 is 1. The lowest BCUT2D eigenvalue weighted by Gasteiger charge is -2.22. The number of anilines is 1. The Kier molecular flexibility index (Phi) is 5.72. The number of hydrogen-bond donors (Lipinski definition) is 1. The fourth-order valence-electron chi connectivity index (χ4n) is 3.85. The molecule has 2 aromatic carbocycles. The average molecular weight is 481 g/mol. The molecule has 4 rings (SSSR count). The predicted molar refractivity (Wildman–Crippen MR) is 134 cm³/mol. The second-order valence-electron chi connectivity index (χ2n) is 8.04. The molecule has 0 aliphatic carbocycles. The third-order valence-electron chi connectivity index (χ3n) is 5.61. The number of hydrogen-bond acceptors (Lipinski definition) is 8. The summed E-state index contributed by atoms with van der Waals surface area (Å²) < 4.78 is 29.4. The zero-order valence-electron chi connectivity index (χ0n) is 22.6. The highest BCUT2D eigenvalue weighted by atomic mass is 16.6. The van der Waals surface area contributed by atoms with Crippen molar-refractivity contribution in [3.8, 4) is 11.6 Å². The van der Waals surface area contributed by atoms with E-state index in [1.54, 1.807) is 36.2 Å². The fourth-order valence-corrected chi connectivity index (χ4v) is 3.85. The highest BCUT2D eigenvalue weighted by Crippen LogP contribution is 2.35. The van der Waals surface area contributed by atoms with Crippen molar-refractivity contribution in [2.45, 2.75) is 6.42 Å². The maximum absolute atomic E-state index is 12.6. The van der Waals surface area contributed by atoms with Crippen LogP contribution in [0.3, 0.4) is 0 Å². The molecule has 0 aliphatic heterocycles. The molecule has 4 aromatic rings. The molecule has 11 nitrogen and oxygen atoms in total. The minimum Gasteiger partial charge on any atom is -0.496 e. The number of fused-ring (bicyclic) bond motifs is 1. The molecule has 0 amide bonds. The predicted octanol–water partition coefficient (Wildman–Crippen LogP) is 2.61. The quantitative estimate of drug-likeness (QED) is 0.287. The minimum absolute atomic E-state index is 0.112. The number of para-hydroxylation sites is 2. The molecule has 2 aromatic heterocycles. The number of imidazole rings is 1. The van der Waals surface area contributed by atoms with Gasteiger partial charge in [0.05, 0.1) is 23.1 Å². The van der Waals surface area contributed by atoms with Crippen LogP contribution in [0.4, 0.5) is 11.4 Å². The molecule has 11 heteroatoms. The van der Waals surface area contributed by atoms with E-state index in [4.69, 9.17) is 8.85 Å². The largest absolute Gasteiger partial charge is 0.496 e. The van der Waals surface area contributed by atoms with E-state index in [0.29, 0.717) is 34.0 Å². The Balaban J connectivity index is 1.66. The van der Waals surface area contributed by atoms with Crippen molar-refractivity contribution in [1.29, 1.82) is 0 Å². The highest BCUT2D eigenvalue weighted by Gasteiger charge is 2.22. The van der Waals surface area contributed by atoms with Gasteiger partial charge in [-0.25, -0.2) is 19.3 Å². The number of aromatic nitrogens is 4. The minimum atomic E-state index is -2.26. The van der Waals surface area contributed by atoms with Crippen molar-refractivity contribution in [3.63, 3.8) is 0 Å². The van der Waals surface area contributed by atoms with Crippen molar-refractivity contribution < 1.29 is 13.8 Å². The van der Waals surface area contributed by atoms with Gasteiger partial charge in [-0.3, -0.25) is 10.1 Å².